The molecule has 2 aliphatic carbocycles. The van der Waals surface area contributed by atoms with Crippen LogP contribution in [0.15, 0.2) is 18.6 Å². The molecular formula is C27H28Cl2F6N4O4. The van der Waals surface area contributed by atoms with Gasteiger partial charge >= 0.3 is 18.3 Å². The molecule has 0 bridgehead atoms. The third-order valence-electron chi connectivity index (χ3n) is 8.17. The van der Waals surface area contributed by atoms with Crippen molar-refractivity contribution in [3.63, 3.8) is 0 Å². The molecule has 2 aliphatic rings. The van der Waals surface area contributed by atoms with Crippen molar-refractivity contribution in [1.29, 1.82) is 0 Å². The second kappa shape index (κ2) is 11.9. The van der Waals surface area contributed by atoms with Crippen LogP contribution in [0.5, 0.6) is 0 Å². The van der Waals surface area contributed by atoms with Gasteiger partial charge in [0.05, 0.1) is 57.4 Å². The van der Waals surface area contributed by atoms with Crippen molar-refractivity contribution in [2.24, 2.45) is 10.8 Å². The first-order valence-corrected chi connectivity index (χ1v) is 14.2. The fourth-order valence-electron chi connectivity index (χ4n) is 5.42. The fourth-order valence-corrected chi connectivity index (χ4v) is 5.99. The maximum absolute atomic E-state index is 14.5. The molecule has 2 aromatic heterocycles. The van der Waals surface area contributed by atoms with E-state index in [9.17, 15) is 40.7 Å². The van der Waals surface area contributed by atoms with Crippen LogP contribution < -0.4 is 0 Å². The lowest BCUT2D eigenvalue weighted by molar-refractivity contribution is -0.189. The van der Waals surface area contributed by atoms with Crippen molar-refractivity contribution < 1.29 is 45.5 Å². The Kier molecular flexibility index (Phi) is 9.14. The van der Waals surface area contributed by atoms with Crippen LogP contribution in [0.1, 0.15) is 84.8 Å². The van der Waals surface area contributed by atoms with E-state index in [1.807, 2.05) is 0 Å². The van der Waals surface area contributed by atoms with Gasteiger partial charge in [0, 0.05) is 18.9 Å². The zero-order valence-electron chi connectivity index (χ0n) is 23.1. The van der Waals surface area contributed by atoms with Gasteiger partial charge in [-0.2, -0.15) is 31.4 Å². The van der Waals surface area contributed by atoms with Crippen LogP contribution >= 0.6 is 23.2 Å². The molecule has 0 aliphatic heterocycles. The van der Waals surface area contributed by atoms with Crippen LogP contribution in [-0.2, 0) is 15.7 Å². The number of rotatable bonds is 9. The van der Waals surface area contributed by atoms with E-state index in [4.69, 9.17) is 27.9 Å². The predicted octanol–water partition coefficient (Wildman–Crippen LogP) is 6.96. The number of alkyl halides is 6. The van der Waals surface area contributed by atoms with Crippen molar-refractivity contribution in [1.82, 2.24) is 19.7 Å². The maximum Gasteiger partial charge on any atom is 0.433 e. The molecule has 0 N–H and O–H groups in total. The number of ketones is 1. The number of halogens is 8. The molecule has 0 aromatic carbocycles. The van der Waals surface area contributed by atoms with Crippen molar-refractivity contribution in [2.45, 2.75) is 70.8 Å². The van der Waals surface area contributed by atoms with E-state index in [1.165, 1.54) is 0 Å². The summed E-state index contributed by atoms with van der Waals surface area (Å²) in [6.45, 7) is 1.38. The molecule has 0 spiro atoms. The summed E-state index contributed by atoms with van der Waals surface area (Å²) in [5.74, 6) is -2.89. The van der Waals surface area contributed by atoms with E-state index < -0.39 is 71.2 Å². The van der Waals surface area contributed by atoms with Gasteiger partial charge in [-0.15, -0.1) is 0 Å². The average molecular weight is 657 g/mol. The Labute approximate surface area is 252 Å². The number of Topliss-reactive ketones (excluding diaryl/α,β-unsaturated/α-hetero) is 1. The molecule has 2 aromatic rings. The molecule has 43 heavy (non-hydrogen) atoms. The molecular weight excluding hydrogens is 629 g/mol. The zero-order valence-corrected chi connectivity index (χ0v) is 24.6. The fraction of sp³-hybridized carbons (Fsp3) is 0.593. The van der Waals surface area contributed by atoms with Gasteiger partial charge in [-0.3, -0.25) is 24.0 Å². The van der Waals surface area contributed by atoms with Crippen molar-refractivity contribution in [2.75, 3.05) is 19.7 Å². The summed E-state index contributed by atoms with van der Waals surface area (Å²) in [6, 6.07) is -0.852. The first-order valence-electron chi connectivity index (χ1n) is 13.4. The standard InChI is InChI=1S/C27H28Cl2F6N4O4/c1-3-43-23(42)24(2)6-4-15(5-7-24)39-21(26(30,31)32)16(10-37-39)22(41)38(14-25(8-9-25)27(33,34)35)13-19(40)20-17(28)11-36-12-18(20)29/h10-12,15H,3-9,13-14H2,1-2H3/t15-,24-. The maximum atomic E-state index is 14.5. The monoisotopic (exact) mass is 656 g/mol. The third kappa shape index (κ3) is 6.64. The number of ether oxygens (including phenoxy) is 1. The number of hydrogen-bond donors (Lipinski definition) is 0. The van der Waals surface area contributed by atoms with Crippen molar-refractivity contribution in [3.05, 3.63) is 45.5 Å². The molecule has 0 radical (unpaired) electrons. The van der Waals surface area contributed by atoms with Crippen LogP contribution in [0.3, 0.4) is 0 Å². The minimum absolute atomic E-state index is 0.103. The van der Waals surface area contributed by atoms with E-state index in [2.05, 4.69) is 10.1 Å². The summed E-state index contributed by atoms with van der Waals surface area (Å²) < 4.78 is 90.9. The third-order valence-corrected chi connectivity index (χ3v) is 8.74. The lowest BCUT2D eigenvalue weighted by Crippen LogP contribution is -2.44. The molecule has 0 saturated heterocycles. The molecule has 4 rings (SSSR count). The van der Waals surface area contributed by atoms with Crippen molar-refractivity contribution in [3.8, 4) is 0 Å². The molecule has 2 saturated carbocycles. The first-order chi connectivity index (χ1) is 19.9. The smallest absolute Gasteiger partial charge is 0.433 e. The zero-order chi connectivity index (χ0) is 32.0. The van der Waals surface area contributed by atoms with Crippen LogP contribution in [-0.4, -0.2) is 63.2 Å². The number of amides is 1. The Morgan fingerprint density at radius 2 is 1.60 bits per heavy atom. The number of pyridine rings is 1. The summed E-state index contributed by atoms with van der Waals surface area (Å²) in [5.41, 5.74) is -6.05. The number of nitrogens with zero attached hydrogens (tertiary/aromatic N) is 4. The summed E-state index contributed by atoms with van der Waals surface area (Å²) in [7, 11) is 0. The molecule has 236 valence electrons. The highest BCUT2D eigenvalue weighted by atomic mass is 35.5. The highest BCUT2D eigenvalue weighted by molar-refractivity contribution is 6.39. The number of hydrogen-bond acceptors (Lipinski definition) is 6. The molecule has 1 amide bonds. The minimum atomic E-state index is -5.13. The van der Waals surface area contributed by atoms with Crippen molar-refractivity contribution >= 4 is 40.9 Å². The van der Waals surface area contributed by atoms with Gasteiger partial charge in [0.2, 0.25) is 0 Å². The van der Waals surface area contributed by atoms with E-state index in [0.29, 0.717) is 15.8 Å². The van der Waals surface area contributed by atoms with Gasteiger partial charge in [0.25, 0.3) is 5.91 Å². The van der Waals surface area contributed by atoms with Gasteiger partial charge in [0.15, 0.2) is 11.5 Å². The van der Waals surface area contributed by atoms with Gasteiger partial charge in [0.1, 0.15) is 0 Å². The molecule has 0 unspecified atom stereocenters. The average Bonchev–Trinajstić information content (AvgIpc) is 3.56. The Balaban J connectivity index is 1.68. The highest BCUT2D eigenvalue weighted by Crippen LogP contribution is 2.58. The van der Waals surface area contributed by atoms with Crippen LogP contribution in [0.4, 0.5) is 26.3 Å². The van der Waals surface area contributed by atoms with Crippen LogP contribution in [0.25, 0.3) is 0 Å². The lowest BCUT2D eigenvalue weighted by atomic mass is 9.74. The second-order valence-corrected chi connectivity index (χ2v) is 12.0. The predicted molar refractivity (Wildman–Crippen MR) is 142 cm³/mol. The van der Waals surface area contributed by atoms with Gasteiger partial charge in [-0.25, -0.2) is 0 Å². The Morgan fingerprint density at radius 1 is 1.02 bits per heavy atom. The Morgan fingerprint density at radius 3 is 2.09 bits per heavy atom. The first kappa shape index (κ1) is 33.0. The number of carbonyl (C=O) groups excluding carboxylic acids is 3. The minimum Gasteiger partial charge on any atom is -0.466 e. The molecule has 0 atom stereocenters. The number of carbonyl (C=O) groups is 3. The largest absolute Gasteiger partial charge is 0.466 e. The summed E-state index contributed by atoms with van der Waals surface area (Å²) in [6.07, 6.45) is -7.25. The molecule has 2 heterocycles. The summed E-state index contributed by atoms with van der Waals surface area (Å²) >= 11 is 12.0. The van der Waals surface area contributed by atoms with Gasteiger partial charge < -0.3 is 9.64 Å². The lowest BCUT2D eigenvalue weighted by Gasteiger charge is -2.36. The van der Waals surface area contributed by atoms with E-state index >= 15 is 0 Å². The number of aromatic nitrogens is 3. The summed E-state index contributed by atoms with van der Waals surface area (Å²) in [4.78, 5) is 43.3. The quantitative estimate of drug-likeness (QED) is 0.165. The summed E-state index contributed by atoms with van der Waals surface area (Å²) in [5, 5.41) is 3.36. The van der Waals surface area contributed by atoms with E-state index in [1.54, 1.807) is 13.8 Å². The number of esters is 1. The molecule has 16 heteroatoms. The topological polar surface area (TPSA) is 94.4 Å². The van der Waals surface area contributed by atoms with Crippen LogP contribution in [0, 0.1) is 10.8 Å². The SMILES string of the molecule is CCOC(=O)[C@]1(C)CC[C@@H](n2ncc(C(=O)N(CC(=O)c3c(Cl)cncc3Cl)CC3(C(F)(F)F)CC3)c2C(F)(F)F)CC1. The normalized spacial score (nSPS) is 21.8. The second-order valence-electron chi connectivity index (χ2n) is 11.2. The Bertz CT molecular complexity index is 1380. The van der Waals surface area contributed by atoms with Gasteiger partial charge in [-0.1, -0.05) is 23.2 Å². The Hall–Kier alpha value is -2.87. The van der Waals surface area contributed by atoms with Gasteiger partial charge in [-0.05, 0) is 52.4 Å². The van der Waals surface area contributed by atoms with Crippen LogP contribution in [0.2, 0.25) is 10.0 Å². The molecule has 2 fully saturated rings. The molecule has 8 nitrogen and oxygen atoms in total. The highest BCUT2D eigenvalue weighted by Gasteiger charge is 2.64. The van der Waals surface area contributed by atoms with E-state index in [-0.39, 0.29) is 60.7 Å². The van der Waals surface area contributed by atoms with E-state index in [0.717, 1.165) is 12.4 Å².